The van der Waals surface area contributed by atoms with Crippen molar-refractivity contribution < 1.29 is 27.8 Å². The zero-order valence-corrected chi connectivity index (χ0v) is 18.5. The number of nitrogens with zero attached hydrogens (tertiary/aromatic N) is 1. The van der Waals surface area contributed by atoms with Crippen molar-refractivity contribution in [3.8, 4) is 11.5 Å². The fraction of sp³-hybridized carbons (Fsp3) is 0.167. The lowest BCUT2D eigenvalue weighted by Gasteiger charge is -2.10. The molecule has 9 heteroatoms. The maximum Gasteiger partial charge on any atom is 0.341 e. The van der Waals surface area contributed by atoms with Crippen molar-refractivity contribution in [2.45, 2.75) is 20.1 Å². The molecule has 0 aliphatic carbocycles. The molecule has 4 rings (SSSR count). The molecule has 2 heterocycles. The molecule has 0 saturated heterocycles. The number of carbonyl (C=O) groups is 1. The van der Waals surface area contributed by atoms with Gasteiger partial charge in [0, 0.05) is 29.3 Å². The number of nitrogen functional groups attached to an aromatic ring is 1. The molecule has 33 heavy (non-hydrogen) atoms. The summed E-state index contributed by atoms with van der Waals surface area (Å²) in [5.41, 5.74) is 7.59. The van der Waals surface area contributed by atoms with Gasteiger partial charge in [-0.25, -0.2) is 18.6 Å². The van der Waals surface area contributed by atoms with Gasteiger partial charge in [-0.15, -0.1) is 11.3 Å². The Labute approximate surface area is 192 Å². The molecule has 0 bridgehead atoms. The first-order chi connectivity index (χ1) is 15.9. The molecule has 4 aromatic rings. The molecule has 170 valence electrons. The van der Waals surface area contributed by atoms with Crippen LogP contribution in [0.15, 0.2) is 54.0 Å². The highest BCUT2D eigenvalue weighted by molar-refractivity contribution is 7.17. The van der Waals surface area contributed by atoms with Crippen LogP contribution in [0.5, 0.6) is 11.5 Å². The van der Waals surface area contributed by atoms with Gasteiger partial charge in [0.15, 0.2) is 0 Å². The number of ether oxygens (including phenoxy) is 3. The first-order valence-electron chi connectivity index (χ1n) is 10.1. The van der Waals surface area contributed by atoms with Crippen LogP contribution in [0.3, 0.4) is 0 Å². The van der Waals surface area contributed by atoms with E-state index in [0.717, 1.165) is 11.6 Å². The summed E-state index contributed by atoms with van der Waals surface area (Å²) in [5, 5.41) is 2.52. The van der Waals surface area contributed by atoms with Gasteiger partial charge in [0.05, 0.1) is 16.9 Å². The van der Waals surface area contributed by atoms with E-state index in [1.54, 1.807) is 31.2 Å². The van der Waals surface area contributed by atoms with Crippen molar-refractivity contribution in [3.05, 3.63) is 82.4 Å². The lowest BCUT2D eigenvalue weighted by atomic mass is 10.1. The normalized spacial score (nSPS) is 10.9. The second-order valence-corrected chi connectivity index (χ2v) is 7.95. The van der Waals surface area contributed by atoms with Crippen molar-refractivity contribution >= 4 is 33.2 Å². The third-order valence-corrected chi connectivity index (χ3v) is 5.79. The Morgan fingerprint density at radius 3 is 2.45 bits per heavy atom. The number of rotatable bonds is 8. The first-order valence-corrected chi connectivity index (χ1v) is 10.9. The number of anilines is 1. The average molecular weight is 470 g/mol. The molecule has 0 aliphatic heterocycles. The minimum Gasteiger partial charge on any atom is -0.489 e. The van der Waals surface area contributed by atoms with Crippen LogP contribution in [-0.4, -0.2) is 17.6 Å². The fourth-order valence-corrected chi connectivity index (χ4v) is 4.33. The first kappa shape index (κ1) is 22.5. The van der Waals surface area contributed by atoms with Crippen LogP contribution in [-0.2, 0) is 18.0 Å². The van der Waals surface area contributed by atoms with E-state index in [2.05, 4.69) is 4.98 Å². The van der Waals surface area contributed by atoms with Crippen LogP contribution < -0.4 is 15.2 Å². The van der Waals surface area contributed by atoms with Crippen LogP contribution in [0.4, 0.5) is 14.6 Å². The van der Waals surface area contributed by atoms with Gasteiger partial charge < -0.3 is 19.9 Å². The Morgan fingerprint density at radius 2 is 1.76 bits per heavy atom. The standard InChI is InChI=1S/C24H20F2N2O4S/c1-2-30-24(29)20-10-28-23(27)21-15(13-33-22(20)21)12-32-19-5-3-4-18(9-19)31-11-14-6-16(25)8-17(26)7-14/h3-10,13H,2,11-12H2,1H3,(H2,27,28). The van der Waals surface area contributed by atoms with Gasteiger partial charge in [-0.2, -0.15) is 0 Å². The zero-order chi connectivity index (χ0) is 23.4. The molecule has 6 nitrogen and oxygen atoms in total. The van der Waals surface area contributed by atoms with Gasteiger partial charge in [0.25, 0.3) is 0 Å². The van der Waals surface area contributed by atoms with Gasteiger partial charge in [-0.05, 0) is 42.1 Å². The highest BCUT2D eigenvalue weighted by Crippen LogP contribution is 2.33. The number of hydrogen-bond acceptors (Lipinski definition) is 7. The lowest BCUT2D eigenvalue weighted by molar-refractivity contribution is 0.0528. The van der Waals surface area contributed by atoms with Gasteiger partial charge in [0.2, 0.25) is 0 Å². The van der Waals surface area contributed by atoms with Crippen molar-refractivity contribution in [2.75, 3.05) is 12.3 Å². The number of nitrogens with two attached hydrogens (primary N) is 1. The van der Waals surface area contributed by atoms with E-state index in [1.165, 1.54) is 29.7 Å². The summed E-state index contributed by atoms with van der Waals surface area (Å²) in [6, 6.07) is 10.1. The molecule has 2 aromatic carbocycles. The SMILES string of the molecule is CCOC(=O)c1cnc(N)c2c(COc3cccc(OCc4cc(F)cc(F)c4)c3)csc12. The number of fused-ring (bicyclic) bond motifs is 1. The van der Waals surface area contributed by atoms with Crippen molar-refractivity contribution in [1.82, 2.24) is 4.98 Å². The molecule has 0 fully saturated rings. The Balaban J connectivity index is 1.47. The molecule has 2 aromatic heterocycles. The van der Waals surface area contributed by atoms with E-state index < -0.39 is 17.6 Å². The summed E-state index contributed by atoms with van der Waals surface area (Å²) in [5.74, 6) is -0.449. The summed E-state index contributed by atoms with van der Waals surface area (Å²) < 4.78 is 44.0. The van der Waals surface area contributed by atoms with Crippen molar-refractivity contribution in [2.24, 2.45) is 0 Å². The number of pyridine rings is 1. The summed E-state index contributed by atoms with van der Waals surface area (Å²) in [4.78, 5) is 16.3. The molecule has 0 unspecified atom stereocenters. The van der Waals surface area contributed by atoms with Crippen LogP contribution in [0.25, 0.3) is 10.1 Å². The van der Waals surface area contributed by atoms with E-state index in [1.807, 2.05) is 5.38 Å². The number of hydrogen-bond donors (Lipinski definition) is 1. The predicted octanol–water partition coefficient (Wildman–Crippen LogP) is 5.49. The number of thiophene rings is 1. The Kier molecular flexibility index (Phi) is 6.69. The van der Waals surface area contributed by atoms with E-state index in [0.29, 0.717) is 38.5 Å². The number of esters is 1. The Hall–Kier alpha value is -3.72. The zero-order valence-electron chi connectivity index (χ0n) is 17.6. The molecule has 0 aliphatic rings. The summed E-state index contributed by atoms with van der Waals surface area (Å²) in [6.45, 7) is 2.20. The molecule has 0 amide bonds. The molecule has 0 atom stereocenters. The number of halogens is 2. The molecule has 0 saturated carbocycles. The van der Waals surface area contributed by atoms with E-state index in [4.69, 9.17) is 19.9 Å². The van der Waals surface area contributed by atoms with Gasteiger partial charge in [-0.1, -0.05) is 6.07 Å². The maximum absolute atomic E-state index is 13.3. The van der Waals surface area contributed by atoms with Crippen LogP contribution in [0.1, 0.15) is 28.4 Å². The van der Waals surface area contributed by atoms with E-state index in [-0.39, 0.29) is 19.8 Å². The number of benzene rings is 2. The smallest absolute Gasteiger partial charge is 0.341 e. The maximum atomic E-state index is 13.3. The average Bonchev–Trinajstić information content (AvgIpc) is 3.21. The molecular weight excluding hydrogens is 450 g/mol. The van der Waals surface area contributed by atoms with Crippen molar-refractivity contribution in [1.29, 1.82) is 0 Å². The minimum atomic E-state index is -0.659. The third kappa shape index (κ3) is 5.20. The minimum absolute atomic E-state index is 0.00609. The molecule has 0 radical (unpaired) electrons. The quantitative estimate of drug-likeness (QED) is 0.343. The highest BCUT2D eigenvalue weighted by atomic mass is 32.1. The molecule has 0 spiro atoms. The van der Waals surface area contributed by atoms with Gasteiger partial charge in [-0.3, -0.25) is 0 Å². The van der Waals surface area contributed by atoms with E-state index in [9.17, 15) is 13.6 Å². The van der Waals surface area contributed by atoms with Crippen LogP contribution >= 0.6 is 11.3 Å². The Bertz CT molecular complexity index is 1290. The predicted molar refractivity (Wildman–Crippen MR) is 121 cm³/mol. The van der Waals surface area contributed by atoms with Crippen molar-refractivity contribution in [3.63, 3.8) is 0 Å². The molecular formula is C24H20F2N2O4S. The monoisotopic (exact) mass is 470 g/mol. The Morgan fingerprint density at radius 1 is 1.06 bits per heavy atom. The van der Waals surface area contributed by atoms with Crippen LogP contribution in [0.2, 0.25) is 0 Å². The largest absolute Gasteiger partial charge is 0.489 e. The number of aromatic nitrogens is 1. The van der Waals surface area contributed by atoms with Gasteiger partial charge in [0.1, 0.15) is 42.2 Å². The summed E-state index contributed by atoms with van der Waals surface area (Å²) >= 11 is 1.37. The fourth-order valence-electron chi connectivity index (χ4n) is 3.27. The van der Waals surface area contributed by atoms with Gasteiger partial charge >= 0.3 is 5.97 Å². The summed E-state index contributed by atoms with van der Waals surface area (Å²) in [6.07, 6.45) is 1.42. The van der Waals surface area contributed by atoms with Crippen LogP contribution in [0, 0.1) is 11.6 Å². The second-order valence-electron chi connectivity index (χ2n) is 7.07. The van der Waals surface area contributed by atoms with E-state index >= 15 is 0 Å². The third-order valence-electron chi connectivity index (χ3n) is 4.72. The topological polar surface area (TPSA) is 83.7 Å². The second kappa shape index (κ2) is 9.83. The highest BCUT2D eigenvalue weighted by Gasteiger charge is 2.18. The molecule has 2 N–H and O–H groups in total. The number of carbonyl (C=O) groups excluding carboxylic acids is 1. The lowest BCUT2D eigenvalue weighted by Crippen LogP contribution is -2.06. The summed E-state index contributed by atoms with van der Waals surface area (Å²) in [7, 11) is 0.